The van der Waals surface area contributed by atoms with Gasteiger partial charge in [0.2, 0.25) is 0 Å². The molecule has 1 aromatic rings. The van der Waals surface area contributed by atoms with Crippen LogP contribution in [0.1, 0.15) is 50.2 Å². The minimum Gasteiger partial charge on any atom is -0.348 e. The van der Waals surface area contributed by atoms with Gasteiger partial charge in [0.05, 0.1) is 5.69 Å². The Morgan fingerprint density at radius 1 is 0.955 bits per heavy atom. The number of nitrogens with zero attached hydrogens (tertiary/aromatic N) is 2. The second-order valence-electron chi connectivity index (χ2n) is 6.20. The molecule has 1 aromatic heterocycles. The van der Waals surface area contributed by atoms with Gasteiger partial charge in [-0.05, 0) is 52.7 Å². The van der Waals surface area contributed by atoms with Crippen molar-refractivity contribution in [3.8, 4) is 0 Å². The van der Waals surface area contributed by atoms with Crippen molar-refractivity contribution < 1.29 is 13.1 Å². The van der Waals surface area contributed by atoms with Crippen molar-refractivity contribution in [1.29, 1.82) is 0 Å². The van der Waals surface area contributed by atoms with Crippen molar-refractivity contribution >= 4 is 18.7 Å². The Morgan fingerprint density at radius 2 is 1.50 bits per heavy atom. The molecule has 0 atom stereocenters. The fraction of sp³-hybridized carbons (Fsp3) is 0.471. The molecule has 0 aromatic carbocycles. The van der Waals surface area contributed by atoms with E-state index in [1.54, 1.807) is 6.92 Å². The second kappa shape index (κ2) is 5.52. The predicted octanol–water partition coefficient (Wildman–Crippen LogP) is 4.43. The highest BCUT2D eigenvalue weighted by Crippen LogP contribution is 2.35. The maximum Gasteiger partial charge on any atom is 0.934 e. The lowest BCUT2D eigenvalue weighted by Gasteiger charge is -2.10. The molecule has 0 unspecified atom stereocenters. The maximum atomic E-state index is 13.6. The summed E-state index contributed by atoms with van der Waals surface area (Å²) in [4.78, 5) is 0. The molecular formula is C17H24BF2N2+. The zero-order chi connectivity index (χ0) is 16.9. The number of rotatable bonds is 2. The van der Waals surface area contributed by atoms with E-state index in [1.165, 1.54) is 11.3 Å². The molecule has 0 fully saturated rings. The minimum absolute atomic E-state index is 0.641. The molecule has 1 aliphatic heterocycles. The molecule has 5 heteroatoms. The maximum absolute atomic E-state index is 13.6. The third-order valence-electron chi connectivity index (χ3n) is 5.27. The van der Waals surface area contributed by atoms with Gasteiger partial charge in [-0.2, -0.15) is 0 Å². The van der Waals surface area contributed by atoms with Gasteiger partial charge < -0.3 is 4.57 Å². The predicted molar refractivity (Wildman–Crippen MR) is 89.5 cm³/mol. The van der Waals surface area contributed by atoms with Crippen LogP contribution < -0.4 is 0 Å². The first-order valence-electron chi connectivity index (χ1n) is 7.54. The van der Waals surface area contributed by atoms with Crippen LogP contribution in [-0.4, -0.2) is 22.2 Å². The number of hydrogen-bond acceptors (Lipinski definition) is 0. The molecule has 0 bridgehead atoms. The summed E-state index contributed by atoms with van der Waals surface area (Å²) in [5.74, 6) is 0. The van der Waals surface area contributed by atoms with Crippen LogP contribution in [0.4, 0.5) is 8.63 Å². The Labute approximate surface area is 132 Å². The van der Waals surface area contributed by atoms with Crippen molar-refractivity contribution in [3.05, 3.63) is 39.4 Å². The van der Waals surface area contributed by atoms with Crippen LogP contribution in [0.5, 0.6) is 0 Å². The standard InChI is InChI=1S/C17H24BF2N2/c1-9-11(3)16(21(8)14(9)6)13(5)17-12(4)10(2)15(7)22(17)18(19)20/h1-8H3/q+1. The lowest BCUT2D eigenvalue weighted by molar-refractivity contribution is -0.343. The molecule has 0 aliphatic carbocycles. The SMILES string of the molecule is CC1=C(C)/C(=C(\C)c2c(C)c(C)c(C)n2C)[N+](B(F)F)=C1C. The van der Waals surface area contributed by atoms with E-state index in [2.05, 4.69) is 25.3 Å². The molecule has 118 valence electrons. The fourth-order valence-corrected chi connectivity index (χ4v) is 3.45. The molecule has 0 saturated heterocycles. The van der Waals surface area contributed by atoms with Crippen molar-refractivity contribution in [3.63, 3.8) is 0 Å². The number of aromatic nitrogens is 1. The molecular weight excluding hydrogens is 281 g/mol. The molecule has 0 spiro atoms. The Morgan fingerprint density at radius 3 is 1.91 bits per heavy atom. The van der Waals surface area contributed by atoms with E-state index < -0.39 is 7.40 Å². The van der Waals surface area contributed by atoms with Crippen LogP contribution in [0.2, 0.25) is 0 Å². The van der Waals surface area contributed by atoms with Gasteiger partial charge >= 0.3 is 7.40 Å². The highest BCUT2D eigenvalue weighted by molar-refractivity contribution is 6.35. The zero-order valence-electron chi connectivity index (χ0n) is 14.7. The summed E-state index contributed by atoms with van der Waals surface area (Å²) in [6.45, 7) is 13.8. The van der Waals surface area contributed by atoms with E-state index in [9.17, 15) is 8.63 Å². The quantitative estimate of drug-likeness (QED) is 0.714. The molecule has 0 N–H and O–H groups in total. The first-order chi connectivity index (χ1) is 10.1. The smallest absolute Gasteiger partial charge is 0.348 e. The monoisotopic (exact) mass is 305 g/mol. The van der Waals surface area contributed by atoms with Gasteiger partial charge in [0.25, 0.3) is 0 Å². The van der Waals surface area contributed by atoms with Gasteiger partial charge in [0.1, 0.15) is 0 Å². The van der Waals surface area contributed by atoms with Gasteiger partial charge in [-0.25, -0.2) is 13.1 Å². The largest absolute Gasteiger partial charge is 0.934 e. The summed E-state index contributed by atoms with van der Waals surface area (Å²) in [5.41, 5.74) is 8.67. The van der Waals surface area contributed by atoms with E-state index in [0.717, 1.165) is 32.5 Å². The molecule has 0 amide bonds. The molecule has 2 heterocycles. The van der Waals surface area contributed by atoms with E-state index in [4.69, 9.17) is 0 Å². The molecule has 2 rings (SSSR count). The topological polar surface area (TPSA) is 7.94 Å². The molecule has 0 saturated carbocycles. The molecule has 0 radical (unpaired) electrons. The van der Waals surface area contributed by atoms with Gasteiger partial charge in [-0.15, -0.1) is 0 Å². The van der Waals surface area contributed by atoms with Crippen LogP contribution in [-0.2, 0) is 7.05 Å². The van der Waals surface area contributed by atoms with Gasteiger partial charge in [0, 0.05) is 36.4 Å². The van der Waals surface area contributed by atoms with E-state index in [-0.39, 0.29) is 0 Å². The summed E-state index contributed by atoms with van der Waals surface area (Å²) in [7, 11) is -0.529. The fourth-order valence-electron chi connectivity index (χ4n) is 3.45. The van der Waals surface area contributed by atoms with Crippen molar-refractivity contribution in [2.45, 2.75) is 48.5 Å². The lowest BCUT2D eigenvalue weighted by Crippen LogP contribution is -2.25. The van der Waals surface area contributed by atoms with E-state index in [0.29, 0.717) is 11.4 Å². The first kappa shape index (κ1) is 16.7. The van der Waals surface area contributed by atoms with Gasteiger partial charge in [-0.3, -0.25) is 0 Å². The summed E-state index contributed by atoms with van der Waals surface area (Å²) < 4.78 is 30.4. The Hall–Kier alpha value is -1.65. The van der Waals surface area contributed by atoms with Gasteiger partial charge in [-0.1, -0.05) is 0 Å². The summed E-state index contributed by atoms with van der Waals surface area (Å²) in [5, 5.41) is 0. The van der Waals surface area contributed by atoms with Crippen LogP contribution in [0, 0.1) is 20.8 Å². The van der Waals surface area contributed by atoms with Crippen LogP contribution in [0.25, 0.3) is 5.57 Å². The number of allylic oxidation sites excluding steroid dienone is 3. The highest BCUT2D eigenvalue weighted by Gasteiger charge is 2.45. The van der Waals surface area contributed by atoms with Crippen molar-refractivity contribution in [2.24, 2.45) is 7.05 Å². The highest BCUT2D eigenvalue weighted by atomic mass is 19.2. The summed E-state index contributed by atoms with van der Waals surface area (Å²) in [6, 6.07) is 0. The molecule has 2 nitrogen and oxygen atoms in total. The van der Waals surface area contributed by atoms with Crippen molar-refractivity contribution in [2.75, 3.05) is 0 Å². The van der Waals surface area contributed by atoms with E-state index >= 15 is 0 Å². The number of halogens is 2. The molecule has 22 heavy (non-hydrogen) atoms. The Kier molecular flexibility index (Phi) is 4.20. The average Bonchev–Trinajstić information content (AvgIpc) is 2.79. The third kappa shape index (κ3) is 2.18. The van der Waals surface area contributed by atoms with Crippen LogP contribution in [0.3, 0.4) is 0 Å². The van der Waals surface area contributed by atoms with E-state index in [1.807, 2.05) is 27.8 Å². The van der Waals surface area contributed by atoms with Gasteiger partial charge in [0.15, 0.2) is 11.4 Å². The summed E-state index contributed by atoms with van der Waals surface area (Å²) in [6.07, 6.45) is 0. The minimum atomic E-state index is -2.53. The molecule has 1 aliphatic rings. The summed E-state index contributed by atoms with van der Waals surface area (Å²) >= 11 is 0. The Balaban J connectivity index is 2.82. The second-order valence-corrected chi connectivity index (χ2v) is 6.20. The van der Waals surface area contributed by atoms with Crippen molar-refractivity contribution in [1.82, 2.24) is 4.57 Å². The average molecular weight is 305 g/mol. The lowest BCUT2D eigenvalue weighted by atomic mass is 9.99. The zero-order valence-corrected chi connectivity index (χ0v) is 14.7. The van der Waals surface area contributed by atoms with Crippen LogP contribution in [0.15, 0.2) is 16.8 Å². The normalized spacial score (nSPS) is 17.7. The number of hydrogen-bond donors (Lipinski definition) is 0. The Bertz CT molecular complexity index is 724. The first-order valence-corrected chi connectivity index (χ1v) is 7.54. The van der Waals surface area contributed by atoms with Crippen LogP contribution >= 0.6 is 0 Å². The third-order valence-corrected chi connectivity index (χ3v) is 5.27.